The topological polar surface area (TPSA) is 38.3 Å². The molecule has 1 N–H and O–H groups in total. The second-order valence-corrected chi connectivity index (χ2v) is 8.55. The molecular weight excluding hydrogens is 425 g/mol. The molecule has 1 unspecified atom stereocenters. The Hall–Kier alpha value is -1.88. The lowest BCUT2D eigenvalue weighted by Crippen LogP contribution is -2.39. The molecule has 0 aliphatic carbocycles. The van der Waals surface area contributed by atoms with Crippen molar-refractivity contribution in [3.8, 4) is 5.75 Å². The van der Waals surface area contributed by atoms with Crippen molar-refractivity contribution < 1.29 is 9.53 Å². The van der Waals surface area contributed by atoms with Crippen LogP contribution in [0.4, 0.5) is 0 Å². The third-order valence-electron chi connectivity index (χ3n) is 4.48. The second-order valence-electron chi connectivity index (χ2n) is 6.60. The van der Waals surface area contributed by atoms with Crippen LogP contribution in [-0.4, -0.2) is 24.3 Å². The van der Waals surface area contributed by atoms with Gasteiger partial charge in [0.1, 0.15) is 5.75 Å². The monoisotopic (exact) mass is 447 g/mol. The number of thioether (sulfide) groups is 1. The van der Waals surface area contributed by atoms with E-state index in [4.69, 9.17) is 27.9 Å². The average molecular weight is 448 g/mol. The average Bonchev–Trinajstić information content (AvgIpc) is 2.72. The molecule has 6 heteroatoms. The van der Waals surface area contributed by atoms with Crippen molar-refractivity contribution in [3.05, 3.63) is 76.3 Å². The lowest BCUT2D eigenvalue weighted by Gasteiger charge is -2.17. The van der Waals surface area contributed by atoms with Crippen LogP contribution in [0.5, 0.6) is 5.75 Å². The highest BCUT2D eigenvalue weighted by molar-refractivity contribution is 7.98. The minimum atomic E-state index is -0.508. The summed E-state index contributed by atoms with van der Waals surface area (Å²) in [4.78, 5) is 12.5. The molecule has 0 aromatic heterocycles. The van der Waals surface area contributed by atoms with Gasteiger partial charge in [-0.25, -0.2) is 0 Å². The summed E-state index contributed by atoms with van der Waals surface area (Å²) in [5.74, 6) is 2.18. The van der Waals surface area contributed by atoms with Crippen LogP contribution in [0.2, 0.25) is 10.0 Å². The molecule has 0 radical (unpaired) electrons. The molecule has 152 valence electrons. The summed E-state index contributed by atoms with van der Waals surface area (Å²) in [6, 6.07) is 19.5. The van der Waals surface area contributed by atoms with Crippen LogP contribution in [0.15, 0.2) is 60.7 Å². The number of carbonyl (C=O) groups is 1. The summed E-state index contributed by atoms with van der Waals surface area (Å²) in [7, 11) is 0. The number of nitrogens with one attached hydrogen (secondary N) is 1. The van der Waals surface area contributed by atoms with E-state index in [9.17, 15) is 4.79 Å². The molecule has 0 spiro atoms. The van der Waals surface area contributed by atoms with Crippen LogP contribution in [-0.2, 0) is 10.5 Å². The summed E-state index contributed by atoms with van der Waals surface area (Å²) < 4.78 is 5.94. The molecular formula is C23H23Cl2NO2S. The quantitative estimate of drug-likeness (QED) is 0.388. The zero-order valence-electron chi connectivity index (χ0n) is 16.2. The Kier molecular flexibility index (Phi) is 8.10. The molecule has 3 aromatic carbocycles. The van der Waals surface area contributed by atoms with Crippen molar-refractivity contribution in [2.45, 2.75) is 25.2 Å². The fourth-order valence-electron chi connectivity index (χ4n) is 2.91. The fraction of sp³-hybridized carbons (Fsp3) is 0.261. The predicted molar refractivity (Wildman–Crippen MR) is 124 cm³/mol. The summed E-state index contributed by atoms with van der Waals surface area (Å²) in [5, 5.41) is 6.51. The van der Waals surface area contributed by atoms with Gasteiger partial charge < -0.3 is 10.1 Å². The van der Waals surface area contributed by atoms with Gasteiger partial charge >= 0.3 is 0 Å². The third-order valence-corrected chi connectivity index (χ3v) is 6.08. The highest BCUT2D eigenvalue weighted by Gasteiger charge is 2.18. The molecule has 0 saturated heterocycles. The number of hydrogen-bond donors (Lipinski definition) is 1. The Labute approximate surface area is 185 Å². The number of halogens is 2. The smallest absolute Gasteiger partial charge is 0.261 e. The van der Waals surface area contributed by atoms with Crippen molar-refractivity contribution in [2.24, 2.45) is 0 Å². The molecule has 1 amide bonds. The molecule has 3 nitrogen and oxygen atoms in total. The SMILES string of the molecule is CCC(Oc1ccc2ccccc2c1)C(=O)NCCSCc1ccc(Cl)cc1Cl. The molecule has 0 fully saturated rings. The second kappa shape index (κ2) is 10.8. The van der Waals surface area contributed by atoms with E-state index in [-0.39, 0.29) is 5.91 Å². The van der Waals surface area contributed by atoms with E-state index in [1.807, 2.05) is 55.5 Å². The first-order chi connectivity index (χ1) is 14.1. The van der Waals surface area contributed by atoms with Gasteiger partial charge in [-0.2, -0.15) is 11.8 Å². The van der Waals surface area contributed by atoms with Gasteiger partial charge in [0.2, 0.25) is 0 Å². The molecule has 0 heterocycles. The first-order valence-corrected chi connectivity index (χ1v) is 11.4. The predicted octanol–water partition coefficient (Wildman–Crippen LogP) is 6.35. The van der Waals surface area contributed by atoms with E-state index in [2.05, 4.69) is 11.4 Å². The van der Waals surface area contributed by atoms with Crippen LogP contribution < -0.4 is 10.1 Å². The minimum absolute atomic E-state index is 0.0919. The van der Waals surface area contributed by atoms with Crippen molar-refractivity contribution in [1.29, 1.82) is 0 Å². The zero-order valence-corrected chi connectivity index (χ0v) is 18.5. The van der Waals surface area contributed by atoms with E-state index in [1.165, 1.54) is 0 Å². The van der Waals surface area contributed by atoms with Gasteiger partial charge in [0, 0.05) is 28.1 Å². The molecule has 0 aliphatic heterocycles. The van der Waals surface area contributed by atoms with Crippen LogP contribution in [0.25, 0.3) is 10.8 Å². The number of carbonyl (C=O) groups excluding carboxylic acids is 1. The Balaban J connectivity index is 1.45. The largest absolute Gasteiger partial charge is 0.481 e. The van der Waals surface area contributed by atoms with E-state index in [0.717, 1.165) is 27.8 Å². The van der Waals surface area contributed by atoms with Crippen LogP contribution in [0.3, 0.4) is 0 Å². The molecule has 0 bridgehead atoms. The Bertz CT molecular complexity index is 980. The Morgan fingerprint density at radius 3 is 2.62 bits per heavy atom. The number of fused-ring (bicyclic) bond motifs is 1. The van der Waals surface area contributed by atoms with Gasteiger partial charge in [-0.15, -0.1) is 0 Å². The normalized spacial score (nSPS) is 12.0. The summed E-state index contributed by atoms with van der Waals surface area (Å²) >= 11 is 13.8. The van der Waals surface area contributed by atoms with Gasteiger partial charge in [-0.3, -0.25) is 4.79 Å². The zero-order chi connectivity index (χ0) is 20.6. The highest BCUT2D eigenvalue weighted by Crippen LogP contribution is 2.25. The first kappa shape index (κ1) is 21.8. The number of hydrogen-bond acceptors (Lipinski definition) is 3. The van der Waals surface area contributed by atoms with E-state index < -0.39 is 6.10 Å². The fourth-order valence-corrected chi connectivity index (χ4v) is 4.33. The minimum Gasteiger partial charge on any atom is -0.481 e. The molecule has 3 rings (SSSR count). The van der Waals surface area contributed by atoms with Gasteiger partial charge in [-0.1, -0.05) is 66.5 Å². The van der Waals surface area contributed by atoms with E-state index in [1.54, 1.807) is 17.8 Å². The number of ether oxygens (including phenoxy) is 1. The maximum atomic E-state index is 12.5. The van der Waals surface area contributed by atoms with E-state index in [0.29, 0.717) is 28.8 Å². The number of benzene rings is 3. The molecule has 0 aliphatic rings. The van der Waals surface area contributed by atoms with Crippen LogP contribution in [0.1, 0.15) is 18.9 Å². The first-order valence-electron chi connectivity index (χ1n) is 9.51. The lowest BCUT2D eigenvalue weighted by molar-refractivity contribution is -0.127. The molecule has 1 atom stereocenters. The number of amides is 1. The Morgan fingerprint density at radius 1 is 1.07 bits per heavy atom. The van der Waals surface area contributed by atoms with E-state index >= 15 is 0 Å². The summed E-state index contributed by atoms with van der Waals surface area (Å²) in [6.07, 6.45) is 0.0958. The summed E-state index contributed by atoms with van der Waals surface area (Å²) in [6.45, 7) is 2.52. The van der Waals surface area contributed by atoms with Crippen molar-refractivity contribution in [3.63, 3.8) is 0 Å². The Morgan fingerprint density at radius 2 is 1.86 bits per heavy atom. The van der Waals surface area contributed by atoms with Crippen LogP contribution in [0, 0.1) is 0 Å². The van der Waals surface area contributed by atoms with Gasteiger partial charge in [0.15, 0.2) is 6.10 Å². The molecule has 3 aromatic rings. The lowest BCUT2D eigenvalue weighted by atomic mass is 10.1. The van der Waals surface area contributed by atoms with Gasteiger partial charge in [0.05, 0.1) is 0 Å². The standard InChI is InChI=1S/C23H23Cl2NO2S/c1-2-22(28-20-10-8-16-5-3-4-6-17(16)13-20)23(27)26-11-12-29-15-18-7-9-19(24)14-21(18)25/h3-10,13-14,22H,2,11-12,15H2,1H3,(H,26,27). The maximum Gasteiger partial charge on any atom is 0.261 e. The van der Waals surface area contributed by atoms with Gasteiger partial charge in [0.25, 0.3) is 5.91 Å². The highest BCUT2D eigenvalue weighted by atomic mass is 35.5. The maximum absolute atomic E-state index is 12.5. The summed E-state index contributed by atoms with van der Waals surface area (Å²) in [5.41, 5.74) is 1.04. The van der Waals surface area contributed by atoms with Crippen molar-refractivity contribution in [2.75, 3.05) is 12.3 Å². The molecule has 0 saturated carbocycles. The molecule has 29 heavy (non-hydrogen) atoms. The van der Waals surface area contributed by atoms with Crippen molar-refractivity contribution in [1.82, 2.24) is 5.32 Å². The van der Waals surface area contributed by atoms with Crippen LogP contribution >= 0.6 is 35.0 Å². The third kappa shape index (κ3) is 6.30. The van der Waals surface area contributed by atoms with Gasteiger partial charge in [-0.05, 0) is 47.0 Å². The number of rotatable bonds is 9. The van der Waals surface area contributed by atoms with Crippen molar-refractivity contribution >= 4 is 51.6 Å².